The zero-order chi connectivity index (χ0) is 18.5. The van der Waals surface area contributed by atoms with Gasteiger partial charge in [0.15, 0.2) is 17.2 Å². The molecule has 2 aromatic carbocycles. The maximum Gasteiger partial charge on any atom is 0.271 e. The molecule has 1 amide bonds. The van der Waals surface area contributed by atoms with Gasteiger partial charge in [-0.15, -0.1) is 0 Å². The Labute approximate surface area is 149 Å². The Balaban J connectivity index is 1.97. The summed E-state index contributed by atoms with van der Waals surface area (Å²) in [5.74, 6) is 0.993. The van der Waals surface area contributed by atoms with Gasteiger partial charge in [0.25, 0.3) is 5.91 Å². The lowest BCUT2D eigenvalue weighted by Gasteiger charge is -2.14. The molecule has 0 saturated heterocycles. The van der Waals surface area contributed by atoms with E-state index in [2.05, 4.69) is 15.4 Å². The number of carbonyl (C=O) groups excluding carboxylic acids is 1. The molecule has 0 bridgehead atoms. The van der Waals surface area contributed by atoms with Crippen LogP contribution in [0.3, 0.4) is 0 Å². The monoisotopic (exact) mass is 354 g/mol. The molecule has 3 N–H and O–H groups in total. The van der Waals surface area contributed by atoms with Crippen LogP contribution in [-0.4, -0.2) is 35.5 Å². The summed E-state index contributed by atoms with van der Waals surface area (Å²) in [7, 11) is 3.14. The minimum Gasteiger partial charge on any atom is -0.497 e. The zero-order valence-electron chi connectivity index (χ0n) is 14.4. The predicted molar refractivity (Wildman–Crippen MR) is 94.2 cm³/mol. The number of primary amides is 1. The average Bonchev–Trinajstić information content (AvgIpc) is 3.16. The first kappa shape index (κ1) is 17.3. The second-order valence-electron chi connectivity index (χ2n) is 5.36. The van der Waals surface area contributed by atoms with Crippen LogP contribution < -0.4 is 19.9 Å². The Morgan fingerprint density at radius 1 is 1.12 bits per heavy atom. The fourth-order valence-electron chi connectivity index (χ4n) is 2.52. The highest BCUT2D eigenvalue weighted by Crippen LogP contribution is 2.38. The van der Waals surface area contributed by atoms with E-state index in [0.717, 1.165) is 11.3 Å². The molecular weight excluding hydrogens is 336 g/mol. The van der Waals surface area contributed by atoms with Gasteiger partial charge in [0.05, 0.1) is 19.8 Å². The number of aromatic amines is 1. The molecule has 3 rings (SSSR count). The molecule has 0 fully saturated rings. The van der Waals surface area contributed by atoms with Crippen molar-refractivity contribution < 1.29 is 19.0 Å². The number of hydrogen-bond donors (Lipinski definition) is 2. The summed E-state index contributed by atoms with van der Waals surface area (Å²) in [6.45, 7) is 0.272. The summed E-state index contributed by atoms with van der Waals surface area (Å²) in [6, 6.07) is 12.8. The quantitative estimate of drug-likeness (QED) is 0.672. The van der Waals surface area contributed by atoms with Crippen molar-refractivity contribution in [3.05, 3.63) is 53.7 Å². The average molecular weight is 354 g/mol. The number of hydrogen-bond acceptors (Lipinski definition) is 6. The van der Waals surface area contributed by atoms with E-state index in [1.165, 1.54) is 7.11 Å². The smallest absolute Gasteiger partial charge is 0.271 e. The Hall–Kier alpha value is -3.55. The summed E-state index contributed by atoms with van der Waals surface area (Å²) >= 11 is 0. The number of ether oxygens (including phenoxy) is 3. The molecule has 1 heterocycles. The first-order valence-corrected chi connectivity index (χ1v) is 7.77. The summed E-state index contributed by atoms with van der Waals surface area (Å²) in [4.78, 5) is 11.6. The van der Waals surface area contributed by atoms with E-state index < -0.39 is 5.91 Å². The first-order valence-electron chi connectivity index (χ1n) is 7.77. The Bertz CT molecular complexity index is 923. The third-order valence-corrected chi connectivity index (χ3v) is 3.75. The fourth-order valence-corrected chi connectivity index (χ4v) is 2.52. The molecule has 1 aromatic heterocycles. The van der Waals surface area contributed by atoms with Gasteiger partial charge >= 0.3 is 0 Å². The molecule has 0 aliphatic rings. The summed E-state index contributed by atoms with van der Waals surface area (Å²) in [6.07, 6.45) is 0. The largest absolute Gasteiger partial charge is 0.497 e. The number of nitrogens with one attached hydrogen (secondary N) is 1. The number of rotatable bonds is 7. The van der Waals surface area contributed by atoms with E-state index in [1.807, 2.05) is 24.3 Å². The summed E-state index contributed by atoms with van der Waals surface area (Å²) in [5, 5.41) is 10.3. The van der Waals surface area contributed by atoms with Crippen molar-refractivity contribution in [2.24, 2.45) is 5.73 Å². The normalized spacial score (nSPS) is 10.4. The topological polar surface area (TPSA) is 112 Å². The van der Waals surface area contributed by atoms with Crippen molar-refractivity contribution in [2.45, 2.75) is 6.61 Å². The van der Waals surface area contributed by atoms with Gasteiger partial charge in [0.2, 0.25) is 0 Å². The van der Waals surface area contributed by atoms with E-state index in [1.54, 1.807) is 25.3 Å². The lowest BCUT2D eigenvalue weighted by atomic mass is 10.1. The number of para-hydroxylation sites is 1. The summed E-state index contributed by atoms with van der Waals surface area (Å²) < 4.78 is 16.6. The Morgan fingerprint density at radius 3 is 2.65 bits per heavy atom. The van der Waals surface area contributed by atoms with E-state index in [0.29, 0.717) is 22.8 Å². The van der Waals surface area contributed by atoms with Crippen LogP contribution in [0.1, 0.15) is 16.1 Å². The van der Waals surface area contributed by atoms with Crippen LogP contribution in [0.4, 0.5) is 0 Å². The Kier molecular flexibility index (Phi) is 5.02. The molecule has 0 unspecified atom stereocenters. The zero-order valence-corrected chi connectivity index (χ0v) is 14.4. The van der Waals surface area contributed by atoms with Crippen LogP contribution in [-0.2, 0) is 6.61 Å². The van der Waals surface area contributed by atoms with Gasteiger partial charge in [-0.3, -0.25) is 4.79 Å². The number of carbonyl (C=O) groups is 1. The Morgan fingerprint density at radius 2 is 1.92 bits per heavy atom. The lowest BCUT2D eigenvalue weighted by molar-refractivity contribution is 0.0996. The number of nitrogens with two attached hydrogens (primary N) is 1. The molecule has 134 valence electrons. The van der Waals surface area contributed by atoms with Crippen molar-refractivity contribution in [3.8, 4) is 28.5 Å². The van der Waals surface area contributed by atoms with E-state index in [9.17, 15) is 4.79 Å². The van der Waals surface area contributed by atoms with Crippen LogP contribution in [0.15, 0.2) is 42.5 Å². The third-order valence-electron chi connectivity index (χ3n) is 3.75. The molecule has 0 aliphatic carbocycles. The number of methoxy groups -OCH3 is 2. The molecule has 3 aromatic rings. The van der Waals surface area contributed by atoms with Crippen molar-refractivity contribution in [1.29, 1.82) is 0 Å². The molecule has 26 heavy (non-hydrogen) atoms. The van der Waals surface area contributed by atoms with Gasteiger partial charge in [-0.05, 0) is 29.8 Å². The predicted octanol–water partition coefficient (Wildman–Crippen LogP) is 2.17. The lowest BCUT2D eigenvalue weighted by Crippen LogP contribution is -2.13. The van der Waals surface area contributed by atoms with Crippen LogP contribution in [0.25, 0.3) is 11.3 Å². The van der Waals surface area contributed by atoms with Crippen molar-refractivity contribution in [3.63, 3.8) is 0 Å². The second kappa shape index (κ2) is 7.56. The van der Waals surface area contributed by atoms with Crippen molar-refractivity contribution >= 4 is 5.91 Å². The van der Waals surface area contributed by atoms with E-state index in [4.69, 9.17) is 19.9 Å². The van der Waals surface area contributed by atoms with Gasteiger partial charge in [-0.2, -0.15) is 15.4 Å². The highest BCUT2D eigenvalue weighted by atomic mass is 16.5. The van der Waals surface area contributed by atoms with E-state index in [-0.39, 0.29) is 12.3 Å². The number of amides is 1. The molecule has 8 nitrogen and oxygen atoms in total. The van der Waals surface area contributed by atoms with Gasteiger partial charge < -0.3 is 19.9 Å². The number of H-pyrrole nitrogens is 1. The fraction of sp³-hybridized carbons (Fsp3) is 0.167. The minimum atomic E-state index is -0.685. The number of benzene rings is 2. The third kappa shape index (κ3) is 3.44. The van der Waals surface area contributed by atoms with Crippen LogP contribution in [0.2, 0.25) is 0 Å². The highest BCUT2D eigenvalue weighted by molar-refractivity contribution is 5.97. The minimum absolute atomic E-state index is 0.0319. The standard InChI is InChI=1S/C18H18N4O4/c1-24-12-6-3-5-11(9-12)10-26-17-13(7-4-8-14(17)25-2)15-16(18(19)23)21-22-20-15/h3-9H,10H2,1-2H3,(H2,19,23)(H,20,21,22). The van der Waals surface area contributed by atoms with Gasteiger partial charge in [0, 0.05) is 0 Å². The molecule has 0 radical (unpaired) electrons. The van der Waals surface area contributed by atoms with E-state index >= 15 is 0 Å². The van der Waals surface area contributed by atoms with Crippen molar-refractivity contribution in [1.82, 2.24) is 15.4 Å². The van der Waals surface area contributed by atoms with Crippen LogP contribution >= 0.6 is 0 Å². The second-order valence-corrected chi connectivity index (χ2v) is 5.36. The maximum atomic E-state index is 11.6. The molecule has 0 spiro atoms. The maximum absolute atomic E-state index is 11.6. The number of nitrogens with zero attached hydrogens (tertiary/aromatic N) is 2. The van der Waals surface area contributed by atoms with Crippen molar-refractivity contribution in [2.75, 3.05) is 14.2 Å². The molecule has 8 heteroatoms. The SMILES string of the molecule is COc1cccc(COc2c(OC)cccc2-c2n[nH]nc2C(N)=O)c1. The molecule has 0 saturated carbocycles. The number of aromatic nitrogens is 3. The van der Waals surface area contributed by atoms with Gasteiger partial charge in [-0.1, -0.05) is 18.2 Å². The summed E-state index contributed by atoms with van der Waals surface area (Å²) in [5.41, 5.74) is 7.17. The molecular formula is C18H18N4O4. The van der Waals surface area contributed by atoms with Gasteiger partial charge in [0.1, 0.15) is 18.1 Å². The molecule has 0 aliphatic heterocycles. The van der Waals surface area contributed by atoms with Crippen LogP contribution in [0.5, 0.6) is 17.2 Å². The highest BCUT2D eigenvalue weighted by Gasteiger charge is 2.21. The first-order chi connectivity index (χ1) is 12.6. The molecule has 0 atom stereocenters. The van der Waals surface area contributed by atoms with Gasteiger partial charge in [-0.25, -0.2) is 0 Å². The van der Waals surface area contributed by atoms with Crippen LogP contribution in [0, 0.1) is 0 Å².